The second-order valence-corrected chi connectivity index (χ2v) is 9.68. The third kappa shape index (κ3) is 4.47. The Morgan fingerprint density at radius 3 is 2.50 bits per heavy atom. The van der Waals surface area contributed by atoms with Crippen molar-refractivity contribution >= 4 is 35.0 Å². The van der Waals surface area contributed by atoms with Gasteiger partial charge in [-0.3, -0.25) is 9.69 Å². The van der Waals surface area contributed by atoms with Crippen molar-refractivity contribution in [1.82, 2.24) is 19.6 Å². The molecule has 32 heavy (non-hydrogen) atoms. The first-order valence-electron chi connectivity index (χ1n) is 11.3. The van der Waals surface area contributed by atoms with Gasteiger partial charge < -0.3 is 15.1 Å². The third-order valence-electron chi connectivity index (χ3n) is 6.74. The highest BCUT2D eigenvalue weighted by molar-refractivity contribution is 6.30. The van der Waals surface area contributed by atoms with Crippen LogP contribution in [0.15, 0.2) is 30.5 Å². The van der Waals surface area contributed by atoms with Crippen LogP contribution >= 0.6 is 11.6 Å². The molecule has 3 fully saturated rings. The van der Waals surface area contributed by atoms with E-state index in [0.29, 0.717) is 17.7 Å². The van der Waals surface area contributed by atoms with Crippen molar-refractivity contribution in [3.05, 3.63) is 41.0 Å². The first kappa shape index (κ1) is 21.3. The molecule has 170 valence electrons. The number of aromatic nitrogens is 2. The minimum Gasteiger partial charge on any atom is -0.371 e. The molecule has 3 saturated heterocycles. The Morgan fingerprint density at radius 1 is 1.09 bits per heavy atom. The molecule has 9 heteroatoms. The number of amides is 2. The quantitative estimate of drug-likeness (QED) is 0.765. The number of benzene rings is 1. The number of likely N-dealkylation sites (tertiary alicyclic amines) is 2. The van der Waals surface area contributed by atoms with E-state index in [9.17, 15) is 9.59 Å². The number of fused-ring (bicyclic) bond motifs is 1. The standard InChI is InChI=1S/C23H29ClN6O2/c1-16(31)25-22-4-7-30(26-22)23(32)29-14-18-12-27(13-19(18)15-29)11-17-8-20(24)10-21(9-17)28-5-2-3-6-28/h4,7-10,18-19H,2-3,5-6,11-15H2,1H3,(H,25,26,31). The summed E-state index contributed by atoms with van der Waals surface area (Å²) in [6.07, 6.45) is 4.10. The fourth-order valence-electron chi connectivity index (χ4n) is 5.34. The first-order chi connectivity index (χ1) is 15.4. The first-order valence-corrected chi connectivity index (χ1v) is 11.7. The number of nitrogens with zero attached hydrogens (tertiary/aromatic N) is 5. The van der Waals surface area contributed by atoms with E-state index in [2.05, 4.69) is 38.4 Å². The van der Waals surface area contributed by atoms with Crippen molar-refractivity contribution in [3.8, 4) is 0 Å². The highest BCUT2D eigenvalue weighted by Gasteiger charge is 2.42. The molecular weight excluding hydrogens is 428 g/mol. The van der Waals surface area contributed by atoms with Crippen LogP contribution in [0.3, 0.4) is 0 Å². The van der Waals surface area contributed by atoms with Crippen molar-refractivity contribution in [1.29, 1.82) is 0 Å². The molecular formula is C23H29ClN6O2. The van der Waals surface area contributed by atoms with E-state index in [1.807, 2.05) is 4.90 Å². The van der Waals surface area contributed by atoms with Gasteiger partial charge in [0.05, 0.1) is 0 Å². The van der Waals surface area contributed by atoms with Gasteiger partial charge in [0.15, 0.2) is 5.82 Å². The van der Waals surface area contributed by atoms with Crippen LogP contribution in [0.2, 0.25) is 5.02 Å². The van der Waals surface area contributed by atoms with E-state index in [0.717, 1.165) is 50.8 Å². The predicted molar refractivity (Wildman–Crippen MR) is 124 cm³/mol. The summed E-state index contributed by atoms with van der Waals surface area (Å²) in [5.41, 5.74) is 2.49. The van der Waals surface area contributed by atoms with Crippen LogP contribution < -0.4 is 10.2 Å². The average molecular weight is 457 g/mol. The van der Waals surface area contributed by atoms with Crippen molar-refractivity contribution in [2.24, 2.45) is 11.8 Å². The molecule has 3 aliphatic rings. The summed E-state index contributed by atoms with van der Waals surface area (Å²) >= 11 is 6.43. The summed E-state index contributed by atoms with van der Waals surface area (Å²) in [5, 5.41) is 7.58. The Hall–Kier alpha value is -2.58. The Labute approximate surface area is 193 Å². The second-order valence-electron chi connectivity index (χ2n) is 9.24. The van der Waals surface area contributed by atoms with Gasteiger partial charge >= 0.3 is 6.03 Å². The molecule has 2 aromatic rings. The lowest BCUT2D eigenvalue weighted by molar-refractivity contribution is -0.114. The summed E-state index contributed by atoms with van der Waals surface area (Å²) < 4.78 is 1.32. The highest BCUT2D eigenvalue weighted by atomic mass is 35.5. The molecule has 1 aromatic carbocycles. The lowest BCUT2D eigenvalue weighted by atomic mass is 10.0. The van der Waals surface area contributed by atoms with Crippen LogP contribution in [0.1, 0.15) is 25.3 Å². The molecule has 2 unspecified atom stereocenters. The van der Waals surface area contributed by atoms with Crippen molar-refractivity contribution in [3.63, 3.8) is 0 Å². The molecule has 1 aromatic heterocycles. The largest absolute Gasteiger partial charge is 0.371 e. The number of hydrogen-bond acceptors (Lipinski definition) is 5. The van der Waals surface area contributed by atoms with Crippen LogP contribution in [0, 0.1) is 11.8 Å². The number of carbonyl (C=O) groups is 2. The van der Waals surface area contributed by atoms with E-state index < -0.39 is 0 Å². The minimum absolute atomic E-state index is 0.132. The molecule has 2 amide bonds. The van der Waals surface area contributed by atoms with Crippen LogP contribution in [-0.4, -0.2) is 70.8 Å². The zero-order valence-electron chi connectivity index (χ0n) is 18.3. The number of carbonyl (C=O) groups excluding carboxylic acids is 2. The zero-order valence-corrected chi connectivity index (χ0v) is 19.1. The van der Waals surface area contributed by atoms with Crippen LogP contribution in [-0.2, 0) is 11.3 Å². The van der Waals surface area contributed by atoms with Gasteiger partial charge in [0.2, 0.25) is 5.91 Å². The maximum Gasteiger partial charge on any atom is 0.344 e. The SMILES string of the molecule is CC(=O)Nc1ccn(C(=O)N2CC3CN(Cc4cc(Cl)cc(N5CCCC5)c4)CC3C2)n1. The minimum atomic E-state index is -0.203. The number of rotatable bonds is 4. The van der Waals surface area contributed by atoms with E-state index in [1.165, 1.54) is 35.7 Å². The van der Waals surface area contributed by atoms with E-state index in [-0.39, 0.29) is 11.9 Å². The average Bonchev–Trinajstić information content (AvgIpc) is 3.51. The Kier molecular flexibility index (Phi) is 5.82. The molecule has 2 atom stereocenters. The lowest BCUT2D eigenvalue weighted by Crippen LogP contribution is -2.36. The fraction of sp³-hybridized carbons (Fsp3) is 0.522. The van der Waals surface area contributed by atoms with Gasteiger partial charge in [-0.05, 0) is 48.4 Å². The molecule has 1 N–H and O–H groups in total. The molecule has 4 heterocycles. The third-order valence-corrected chi connectivity index (χ3v) is 6.96. The molecule has 0 saturated carbocycles. The zero-order chi connectivity index (χ0) is 22.2. The smallest absolute Gasteiger partial charge is 0.344 e. The van der Waals surface area contributed by atoms with E-state index in [4.69, 9.17) is 11.6 Å². The number of hydrogen-bond donors (Lipinski definition) is 1. The molecule has 0 aliphatic carbocycles. The summed E-state index contributed by atoms with van der Waals surface area (Å²) in [6, 6.07) is 7.94. The summed E-state index contributed by atoms with van der Waals surface area (Å²) in [5.74, 6) is 1.14. The fourth-order valence-corrected chi connectivity index (χ4v) is 5.59. The van der Waals surface area contributed by atoms with Crippen LogP contribution in [0.4, 0.5) is 16.3 Å². The van der Waals surface area contributed by atoms with Gasteiger partial charge in [-0.1, -0.05) is 11.6 Å². The van der Waals surface area contributed by atoms with Gasteiger partial charge in [-0.25, -0.2) is 4.79 Å². The van der Waals surface area contributed by atoms with Crippen molar-refractivity contribution < 1.29 is 9.59 Å². The van der Waals surface area contributed by atoms with Gasteiger partial charge in [0.25, 0.3) is 0 Å². The van der Waals surface area contributed by atoms with Crippen molar-refractivity contribution in [2.75, 3.05) is 49.5 Å². The lowest BCUT2D eigenvalue weighted by Gasteiger charge is -2.23. The Morgan fingerprint density at radius 2 is 1.81 bits per heavy atom. The normalized spacial score (nSPS) is 23.1. The van der Waals surface area contributed by atoms with E-state index >= 15 is 0 Å². The summed E-state index contributed by atoms with van der Waals surface area (Å²) in [6.45, 7) is 7.98. The molecule has 5 rings (SSSR count). The van der Waals surface area contributed by atoms with Gasteiger partial charge in [-0.15, -0.1) is 5.10 Å². The van der Waals surface area contributed by atoms with E-state index in [1.54, 1.807) is 12.3 Å². The molecule has 0 spiro atoms. The summed E-state index contributed by atoms with van der Waals surface area (Å²) in [7, 11) is 0. The Bertz CT molecular complexity index is 1000. The maximum atomic E-state index is 12.8. The highest BCUT2D eigenvalue weighted by Crippen LogP contribution is 2.33. The van der Waals surface area contributed by atoms with Gasteiger partial charge in [-0.2, -0.15) is 4.68 Å². The number of anilines is 2. The number of nitrogens with one attached hydrogen (secondary N) is 1. The molecule has 0 radical (unpaired) electrons. The van der Waals surface area contributed by atoms with Crippen LogP contribution in [0.5, 0.6) is 0 Å². The predicted octanol–water partition coefficient (Wildman–Crippen LogP) is 3.13. The monoisotopic (exact) mass is 456 g/mol. The molecule has 3 aliphatic heterocycles. The Balaban J connectivity index is 1.18. The van der Waals surface area contributed by atoms with Gasteiger partial charge in [0, 0.05) is 75.7 Å². The van der Waals surface area contributed by atoms with Crippen molar-refractivity contribution in [2.45, 2.75) is 26.3 Å². The van der Waals surface area contributed by atoms with Gasteiger partial charge in [0.1, 0.15) is 0 Å². The van der Waals surface area contributed by atoms with Crippen LogP contribution in [0.25, 0.3) is 0 Å². The summed E-state index contributed by atoms with van der Waals surface area (Å²) in [4.78, 5) is 30.8. The topological polar surface area (TPSA) is 73.7 Å². The second kappa shape index (κ2) is 8.75. The maximum absolute atomic E-state index is 12.8. The molecule has 8 nitrogen and oxygen atoms in total. The molecule has 0 bridgehead atoms. The number of halogens is 1.